The summed E-state index contributed by atoms with van der Waals surface area (Å²) in [5, 5.41) is 1.05. The Morgan fingerprint density at radius 1 is 1.12 bits per heavy atom. The normalized spacial score (nSPS) is 17.9. The number of fused-ring (bicyclic) bond motifs is 7. The van der Waals surface area contributed by atoms with Crippen LogP contribution in [-0.4, -0.2) is 17.1 Å². The molecule has 4 heteroatoms. The van der Waals surface area contributed by atoms with Crippen LogP contribution in [0.4, 0.5) is 0 Å². The topological polar surface area (TPSA) is 40.5 Å². The van der Waals surface area contributed by atoms with Crippen molar-refractivity contribution >= 4 is 16.8 Å². The zero-order valence-electron chi connectivity index (χ0n) is 13.2. The van der Waals surface area contributed by atoms with Crippen molar-refractivity contribution in [3.63, 3.8) is 0 Å². The molecule has 2 aliphatic rings. The Morgan fingerprint density at radius 2 is 1.92 bits per heavy atom. The number of ether oxygens (including phenoxy) is 2. The summed E-state index contributed by atoms with van der Waals surface area (Å²) in [6.45, 7) is 2.06. The zero-order chi connectivity index (χ0) is 16.3. The monoisotopic (exact) mass is 317 g/mol. The van der Waals surface area contributed by atoms with Gasteiger partial charge in [-0.05, 0) is 12.1 Å². The number of carbonyl (C=O) groups excluding carboxylic acids is 1. The van der Waals surface area contributed by atoms with Crippen molar-refractivity contribution in [2.24, 2.45) is 0 Å². The average molecular weight is 317 g/mol. The predicted molar refractivity (Wildman–Crippen MR) is 90.7 cm³/mol. The smallest absolute Gasteiger partial charge is 0.230 e. The summed E-state index contributed by atoms with van der Waals surface area (Å²) in [4.78, 5) is 12.2. The van der Waals surface area contributed by atoms with Crippen LogP contribution in [0.2, 0.25) is 0 Å². The molecule has 0 bridgehead atoms. The predicted octanol–water partition coefficient (Wildman–Crippen LogP) is 4.10. The fourth-order valence-corrected chi connectivity index (χ4v) is 3.82. The minimum Gasteiger partial charge on any atom is -0.489 e. The number of nitrogens with zero attached hydrogens (tertiary/aromatic N) is 1. The number of carbonyl (C=O) groups is 1. The molecule has 0 fully saturated rings. The molecule has 24 heavy (non-hydrogen) atoms. The van der Waals surface area contributed by atoms with E-state index in [0.717, 1.165) is 33.4 Å². The minimum atomic E-state index is -0.0513. The van der Waals surface area contributed by atoms with Crippen LogP contribution in [-0.2, 0) is 0 Å². The SMILES string of the molecule is CC(=O)n1c2c(c3ccccc31)C1C(=CO2)COc2ccccc21. The quantitative estimate of drug-likeness (QED) is 0.627. The van der Waals surface area contributed by atoms with Gasteiger partial charge in [0.25, 0.3) is 0 Å². The third-order valence-electron chi connectivity index (χ3n) is 4.79. The van der Waals surface area contributed by atoms with E-state index in [4.69, 9.17) is 9.47 Å². The fraction of sp³-hybridized carbons (Fsp3) is 0.150. The molecule has 0 spiro atoms. The standard InChI is InChI=1S/C20H15NO3/c1-12(22)21-16-8-4-2-6-14(16)19-18-13(11-24-20(19)21)10-23-17-9-5-3-7-15(17)18/h2-9,11,18H,10H2,1H3. The summed E-state index contributed by atoms with van der Waals surface area (Å²) in [5.74, 6) is 1.52. The molecule has 0 amide bonds. The average Bonchev–Trinajstić information content (AvgIpc) is 2.96. The van der Waals surface area contributed by atoms with Gasteiger partial charge in [-0.25, -0.2) is 4.57 Å². The van der Waals surface area contributed by atoms with E-state index in [-0.39, 0.29) is 11.8 Å². The Morgan fingerprint density at radius 3 is 2.79 bits per heavy atom. The fourth-order valence-electron chi connectivity index (χ4n) is 3.82. The maximum absolute atomic E-state index is 12.2. The summed E-state index contributed by atoms with van der Waals surface area (Å²) in [6, 6.07) is 16.0. The molecule has 118 valence electrons. The van der Waals surface area contributed by atoms with Crippen LogP contribution in [0.5, 0.6) is 11.6 Å². The second-order valence-electron chi connectivity index (χ2n) is 6.16. The lowest BCUT2D eigenvalue weighted by atomic mass is 9.82. The van der Waals surface area contributed by atoms with Crippen molar-refractivity contribution in [3.8, 4) is 11.6 Å². The van der Waals surface area contributed by atoms with Gasteiger partial charge in [-0.15, -0.1) is 0 Å². The number of hydrogen-bond donors (Lipinski definition) is 0. The summed E-state index contributed by atoms with van der Waals surface area (Å²) in [6.07, 6.45) is 1.74. The van der Waals surface area contributed by atoms with Crippen molar-refractivity contribution in [1.29, 1.82) is 0 Å². The van der Waals surface area contributed by atoms with E-state index in [9.17, 15) is 4.79 Å². The van der Waals surface area contributed by atoms with Crippen LogP contribution in [0.25, 0.3) is 10.9 Å². The molecule has 0 saturated heterocycles. The van der Waals surface area contributed by atoms with Crippen molar-refractivity contribution in [1.82, 2.24) is 4.57 Å². The van der Waals surface area contributed by atoms with E-state index in [0.29, 0.717) is 12.5 Å². The summed E-state index contributed by atoms with van der Waals surface area (Å²) < 4.78 is 13.4. The van der Waals surface area contributed by atoms with Crippen LogP contribution in [0.3, 0.4) is 0 Å². The Labute approximate surface area is 138 Å². The molecule has 1 unspecified atom stereocenters. The van der Waals surface area contributed by atoms with Crippen molar-refractivity contribution < 1.29 is 14.3 Å². The first-order chi connectivity index (χ1) is 11.8. The van der Waals surface area contributed by atoms with Gasteiger partial charge in [0.1, 0.15) is 12.4 Å². The lowest BCUT2D eigenvalue weighted by Gasteiger charge is -2.31. The number of rotatable bonds is 0. The summed E-state index contributed by atoms with van der Waals surface area (Å²) in [7, 11) is 0. The van der Waals surface area contributed by atoms with E-state index in [2.05, 4.69) is 12.1 Å². The van der Waals surface area contributed by atoms with Crippen molar-refractivity contribution in [2.75, 3.05) is 6.61 Å². The third kappa shape index (κ3) is 1.65. The molecule has 1 aromatic heterocycles. The Kier molecular flexibility index (Phi) is 2.65. The molecule has 2 aromatic carbocycles. The molecule has 1 atom stereocenters. The van der Waals surface area contributed by atoms with Gasteiger partial charge < -0.3 is 9.47 Å². The van der Waals surface area contributed by atoms with Gasteiger partial charge in [0.15, 0.2) is 0 Å². The third-order valence-corrected chi connectivity index (χ3v) is 4.79. The zero-order valence-corrected chi connectivity index (χ0v) is 13.2. The minimum absolute atomic E-state index is 0.0513. The molecule has 3 heterocycles. The van der Waals surface area contributed by atoms with Gasteiger partial charge in [0.05, 0.1) is 11.8 Å². The van der Waals surface area contributed by atoms with E-state index < -0.39 is 0 Å². The number of para-hydroxylation sites is 2. The highest BCUT2D eigenvalue weighted by molar-refractivity contribution is 5.98. The van der Waals surface area contributed by atoms with Gasteiger partial charge in [-0.3, -0.25) is 4.79 Å². The van der Waals surface area contributed by atoms with Crippen molar-refractivity contribution in [2.45, 2.75) is 12.8 Å². The van der Waals surface area contributed by atoms with Gasteiger partial charge in [0, 0.05) is 34.9 Å². The summed E-state index contributed by atoms with van der Waals surface area (Å²) in [5.41, 5.74) is 4.13. The molecule has 0 saturated carbocycles. The Balaban J connectivity index is 1.87. The second kappa shape index (κ2) is 4.74. The first-order valence-corrected chi connectivity index (χ1v) is 7.97. The Hall–Kier alpha value is -3.01. The highest BCUT2D eigenvalue weighted by atomic mass is 16.5. The molecule has 3 aromatic rings. The highest BCUT2D eigenvalue weighted by Crippen LogP contribution is 2.50. The van der Waals surface area contributed by atoms with Crippen molar-refractivity contribution in [3.05, 3.63) is 71.5 Å². The van der Waals surface area contributed by atoms with Gasteiger partial charge in [0.2, 0.25) is 11.8 Å². The molecular weight excluding hydrogens is 302 g/mol. The van der Waals surface area contributed by atoms with E-state index in [1.165, 1.54) is 0 Å². The first-order valence-electron chi connectivity index (χ1n) is 7.97. The molecule has 5 rings (SSSR count). The molecule has 4 nitrogen and oxygen atoms in total. The van der Waals surface area contributed by atoms with Gasteiger partial charge in [-0.2, -0.15) is 0 Å². The molecule has 2 aliphatic heterocycles. The van der Waals surface area contributed by atoms with Crippen LogP contribution in [0.15, 0.2) is 60.4 Å². The van der Waals surface area contributed by atoms with E-state index >= 15 is 0 Å². The summed E-state index contributed by atoms with van der Waals surface area (Å²) >= 11 is 0. The molecule has 0 N–H and O–H groups in total. The van der Waals surface area contributed by atoms with Gasteiger partial charge >= 0.3 is 0 Å². The molecule has 0 radical (unpaired) electrons. The van der Waals surface area contributed by atoms with Gasteiger partial charge in [-0.1, -0.05) is 36.4 Å². The van der Waals surface area contributed by atoms with E-state index in [1.807, 2.05) is 36.4 Å². The Bertz CT molecular complexity index is 1030. The first kappa shape index (κ1) is 13.4. The number of aromatic nitrogens is 1. The van der Waals surface area contributed by atoms with Crippen LogP contribution < -0.4 is 9.47 Å². The molecule has 0 aliphatic carbocycles. The van der Waals surface area contributed by atoms with E-state index in [1.54, 1.807) is 17.8 Å². The maximum Gasteiger partial charge on any atom is 0.230 e. The largest absolute Gasteiger partial charge is 0.489 e. The lowest BCUT2D eigenvalue weighted by molar-refractivity contribution is 0.0933. The number of benzene rings is 2. The van der Waals surface area contributed by atoms with Crippen LogP contribution >= 0.6 is 0 Å². The highest BCUT2D eigenvalue weighted by Gasteiger charge is 2.37. The molecular formula is C20H15NO3. The number of hydrogen-bond acceptors (Lipinski definition) is 3. The second-order valence-corrected chi connectivity index (χ2v) is 6.16. The van der Waals surface area contributed by atoms with Crippen LogP contribution in [0, 0.1) is 0 Å². The van der Waals surface area contributed by atoms with Crippen LogP contribution in [0.1, 0.15) is 28.8 Å². The lowest BCUT2D eigenvalue weighted by Crippen LogP contribution is -2.23. The maximum atomic E-state index is 12.2.